The smallest absolute Gasteiger partial charge is 0.274 e. The van der Waals surface area contributed by atoms with E-state index in [1.165, 1.54) is 24.3 Å². The Bertz CT molecular complexity index is 689. The van der Waals surface area contributed by atoms with Crippen molar-refractivity contribution in [3.8, 4) is 5.75 Å². The number of phenolic OH excluding ortho intramolecular Hbond substituents is 1. The van der Waals surface area contributed by atoms with Crippen LogP contribution in [0.4, 0.5) is 15.8 Å². The minimum Gasteiger partial charge on any atom is -0.508 e. The highest BCUT2D eigenvalue weighted by Gasteiger charge is 2.16. The molecule has 0 amide bonds. The van der Waals surface area contributed by atoms with Gasteiger partial charge in [-0.25, -0.2) is 4.39 Å². The summed E-state index contributed by atoms with van der Waals surface area (Å²) in [5.41, 5.74) is 1.46. The zero-order chi connectivity index (χ0) is 15.6. The lowest BCUT2D eigenvalue weighted by Crippen LogP contribution is -2.09. The lowest BCUT2D eigenvalue weighted by molar-refractivity contribution is -0.385. The fourth-order valence-corrected chi connectivity index (χ4v) is 2.16. The molecule has 21 heavy (non-hydrogen) atoms. The summed E-state index contributed by atoms with van der Waals surface area (Å²) in [7, 11) is 0. The molecule has 0 spiro atoms. The fraction of sp³-hybridized carbons (Fsp3) is 0.200. The molecule has 2 N–H and O–H groups in total. The van der Waals surface area contributed by atoms with Crippen LogP contribution in [0.3, 0.4) is 0 Å². The highest BCUT2D eigenvalue weighted by molar-refractivity contribution is 5.60. The summed E-state index contributed by atoms with van der Waals surface area (Å²) in [6.45, 7) is 3.38. The maximum absolute atomic E-state index is 13.3. The number of anilines is 1. The Morgan fingerprint density at radius 3 is 2.71 bits per heavy atom. The number of rotatable bonds is 4. The first-order valence-corrected chi connectivity index (χ1v) is 6.39. The maximum Gasteiger partial charge on any atom is 0.274 e. The standard InChI is InChI=1S/C15H15FN2O3/c1-9-13(4-3-5-14(9)18(20)21)17-10(2)12-8-11(16)6-7-15(12)19/h3-8,10,17,19H,1-2H3. The van der Waals surface area contributed by atoms with E-state index in [0.29, 0.717) is 16.8 Å². The lowest BCUT2D eigenvalue weighted by atomic mass is 10.1. The van der Waals surface area contributed by atoms with Gasteiger partial charge in [-0.1, -0.05) is 6.07 Å². The molecule has 1 atom stereocenters. The molecule has 5 nitrogen and oxygen atoms in total. The van der Waals surface area contributed by atoms with Gasteiger partial charge in [0.2, 0.25) is 0 Å². The van der Waals surface area contributed by atoms with Crippen molar-refractivity contribution in [1.82, 2.24) is 0 Å². The summed E-state index contributed by atoms with van der Waals surface area (Å²) < 4.78 is 13.3. The second-order valence-corrected chi connectivity index (χ2v) is 4.78. The van der Waals surface area contributed by atoms with Gasteiger partial charge in [0.05, 0.1) is 11.0 Å². The number of nitro benzene ring substituents is 1. The number of hydrogen-bond donors (Lipinski definition) is 2. The summed E-state index contributed by atoms with van der Waals surface area (Å²) in [4.78, 5) is 10.5. The molecule has 0 aromatic heterocycles. The number of aromatic hydroxyl groups is 1. The van der Waals surface area contributed by atoms with Gasteiger partial charge in [-0.05, 0) is 38.1 Å². The summed E-state index contributed by atoms with van der Waals surface area (Å²) in [5, 5.41) is 23.8. The minimum atomic E-state index is -0.454. The van der Waals surface area contributed by atoms with Gasteiger partial charge in [-0.3, -0.25) is 10.1 Å². The van der Waals surface area contributed by atoms with E-state index in [0.717, 1.165) is 0 Å². The van der Waals surface area contributed by atoms with Crippen molar-refractivity contribution in [3.63, 3.8) is 0 Å². The van der Waals surface area contributed by atoms with E-state index in [4.69, 9.17) is 0 Å². The van der Waals surface area contributed by atoms with E-state index in [1.807, 2.05) is 0 Å². The SMILES string of the molecule is Cc1c(NC(C)c2cc(F)ccc2O)cccc1[N+](=O)[O-]. The predicted octanol–water partition coefficient (Wildman–Crippen LogP) is 3.92. The second kappa shape index (κ2) is 5.78. The molecule has 2 aromatic carbocycles. The van der Waals surface area contributed by atoms with E-state index in [-0.39, 0.29) is 11.4 Å². The fourth-order valence-electron chi connectivity index (χ4n) is 2.16. The number of benzene rings is 2. The van der Waals surface area contributed by atoms with Crippen molar-refractivity contribution in [2.75, 3.05) is 5.32 Å². The third-order valence-electron chi connectivity index (χ3n) is 3.33. The number of halogens is 1. The average Bonchev–Trinajstić information content (AvgIpc) is 2.43. The van der Waals surface area contributed by atoms with Gasteiger partial charge in [0.25, 0.3) is 5.69 Å². The molecular formula is C15H15FN2O3. The van der Waals surface area contributed by atoms with Gasteiger partial charge < -0.3 is 10.4 Å². The van der Waals surface area contributed by atoms with Gasteiger partial charge in [0.1, 0.15) is 11.6 Å². The van der Waals surface area contributed by atoms with Gasteiger partial charge >= 0.3 is 0 Å². The highest BCUT2D eigenvalue weighted by atomic mass is 19.1. The normalized spacial score (nSPS) is 12.0. The van der Waals surface area contributed by atoms with Crippen LogP contribution in [0.25, 0.3) is 0 Å². The molecule has 110 valence electrons. The Hall–Kier alpha value is -2.63. The predicted molar refractivity (Wildman–Crippen MR) is 77.9 cm³/mol. The van der Waals surface area contributed by atoms with E-state index < -0.39 is 16.8 Å². The molecule has 0 saturated heterocycles. The Balaban J connectivity index is 2.32. The monoisotopic (exact) mass is 290 g/mol. The molecule has 0 heterocycles. The van der Waals surface area contributed by atoms with Crippen molar-refractivity contribution in [3.05, 3.63) is 63.5 Å². The maximum atomic E-state index is 13.3. The van der Waals surface area contributed by atoms with Crippen LogP contribution >= 0.6 is 0 Å². The lowest BCUT2D eigenvalue weighted by Gasteiger charge is -2.18. The third kappa shape index (κ3) is 3.10. The van der Waals surface area contributed by atoms with E-state index in [2.05, 4.69) is 5.32 Å². The first kappa shape index (κ1) is 14.8. The number of nitrogens with zero attached hydrogens (tertiary/aromatic N) is 1. The number of hydrogen-bond acceptors (Lipinski definition) is 4. The summed E-state index contributed by atoms with van der Waals surface area (Å²) >= 11 is 0. The summed E-state index contributed by atoms with van der Waals surface area (Å²) in [6.07, 6.45) is 0. The molecular weight excluding hydrogens is 275 g/mol. The molecule has 0 aliphatic rings. The van der Waals surface area contributed by atoms with Crippen LogP contribution in [0.15, 0.2) is 36.4 Å². The van der Waals surface area contributed by atoms with E-state index in [1.54, 1.807) is 26.0 Å². The first-order chi connectivity index (χ1) is 9.90. The molecule has 0 saturated carbocycles. The Morgan fingerprint density at radius 2 is 2.05 bits per heavy atom. The highest BCUT2D eigenvalue weighted by Crippen LogP contribution is 2.31. The number of nitrogens with one attached hydrogen (secondary N) is 1. The molecule has 0 fully saturated rings. The minimum absolute atomic E-state index is 0.00987. The largest absolute Gasteiger partial charge is 0.508 e. The van der Waals surface area contributed by atoms with E-state index in [9.17, 15) is 19.6 Å². The van der Waals surface area contributed by atoms with Crippen LogP contribution < -0.4 is 5.32 Å². The van der Waals surface area contributed by atoms with Crippen molar-refractivity contribution < 1.29 is 14.4 Å². The molecule has 1 unspecified atom stereocenters. The van der Waals surface area contributed by atoms with Gasteiger partial charge in [-0.15, -0.1) is 0 Å². The number of nitro groups is 1. The molecule has 0 aliphatic heterocycles. The van der Waals surface area contributed by atoms with Crippen molar-refractivity contribution in [2.24, 2.45) is 0 Å². The molecule has 2 aromatic rings. The van der Waals surface area contributed by atoms with Crippen molar-refractivity contribution >= 4 is 11.4 Å². The van der Waals surface area contributed by atoms with Crippen LogP contribution in [0.5, 0.6) is 5.75 Å². The van der Waals surface area contributed by atoms with Crippen LogP contribution in [0, 0.1) is 22.9 Å². The summed E-state index contributed by atoms with van der Waals surface area (Å²) in [5.74, 6) is -0.480. The first-order valence-electron chi connectivity index (χ1n) is 6.39. The van der Waals surface area contributed by atoms with Crippen LogP contribution in [0.2, 0.25) is 0 Å². The molecule has 0 bridgehead atoms. The Morgan fingerprint density at radius 1 is 1.33 bits per heavy atom. The van der Waals surface area contributed by atoms with Gasteiger partial charge in [-0.2, -0.15) is 0 Å². The van der Waals surface area contributed by atoms with Crippen LogP contribution in [-0.4, -0.2) is 10.0 Å². The van der Waals surface area contributed by atoms with Crippen LogP contribution in [0.1, 0.15) is 24.1 Å². The van der Waals surface area contributed by atoms with Crippen LogP contribution in [-0.2, 0) is 0 Å². The number of phenols is 1. The topological polar surface area (TPSA) is 75.4 Å². The van der Waals surface area contributed by atoms with Gasteiger partial charge in [0, 0.05) is 22.9 Å². The molecule has 0 aliphatic carbocycles. The molecule has 6 heteroatoms. The van der Waals surface area contributed by atoms with E-state index >= 15 is 0 Å². The zero-order valence-electron chi connectivity index (χ0n) is 11.6. The Labute approximate surface area is 121 Å². The summed E-state index contributed by atoms with van der Waals surface area (Å²) in [6, 6.07) is 7.99. The van der Waals surface area contributed by atoms with Gasteiger partial charge in [0.15, 0.2) is 0 Å². The third-order valence-corrected chi connectivity index (χ3v) is 3.33. The van der Waals surface area contributed by atoms with Crippen molar-refractivity contribution in [2.45, 2.75) is 19.9 Å². The molecule has 2 rings (SSSR count). The quantitative estimate of drug-likeness (QED) is 0.661. The second-order valence-electron chi connectivity index (χ2n) is 4.78. The Kier molecular flexibility index (Phi) is 4.07. The molecule has 0 radical (unpaired) electrons. The zero-order valence-corrected chi connectivity index (χ0v) is 11.6. The average molecular weight is 290 g/mol. The van der Waals surface area contributed by atoms with Crippen molar-refractivity contribution in [1.29, 1.82) is 0 Å².